The third-order valence-corrected chi connectivity index (χ3v) is 3.01. The molecular weight excluding hydrogens is 163 g/mol. The second-order valence-corrected chi connectivity index (χ2v) is 5.13. The van der Waals surface area contributed by atoms with Crippen molar-refractivity contribution in [1.82, 2.24) is 0 Å². The van der Waals surface area contributed by atoms with Crippen molar-refractivity contribution >= 4 is 7.60 Å². The Hall–Kier alpha value is 0.150. The normalized spacial score (nSPS) is 19.8. The highest BCUT2D eigenvalue weighted by atomic mass is 31.2. The first kappa shape index (κ1) is 11.2. The molecule has 3 nitrogen and oxygen atoms in total. The van der Waals surface area contributed by atoms with Crippen LogP contribution in [0.4, 0.5) is 0 Å². The van der Waals surface area contributed by atoms with Gasteiger partial charge in [-0.05, 0) is 12.8 Å². The summed E-state index contributed by atoms with van der Waals surface area (Å²) in [7, 11) is -1.39. The predicted octanol–water partition coefficient (Wildman–Crippen LogP) is 2.52. The standard InChI is InChI=1S/C7H17O3P/c1-6(2)7(3)10-11(5,8)9-4/h6-7H,1-5H3. The van der Waals surface area contributed by atoms with Crippen molar-refractivity contribution in [3.05, 3.63) is 0 Å². The lowest BCUT2D eigenvalue weighted by atomic mass is 10.1. The van der Waals surface area contributed by atoms with E-state index in [-0.39, 0.29) is 6.10 Å². The monoisotopic (exact) mass is 180 g/mol. The Kier molecular flexibility index (Phi) is 4.30. The van der Waals surface area contributed by atoms with Crippen molar-refractivity contribution in [2.45, 2.75) is 26.9 Å². The average Bonchev–Trinajstić information content (AvgIpc) is 1.87. The molecule has 0 fully saturated rings. The molecule has 2 atom stereocenters. The molecule has 0 radical (unpaired) electrons. The SMILES string of the molecule is COP(C)(=O)OC(C)C(C)C. The van der Waals surface area contributed by atoms with Crippen LogP contribution in [0.25, 0.3) is 0 Å². The summed E-state index contributed by atoms with van der Waals surface area (Å²) in [6, 6.07) is 0. The molecule has 0 aliphatic heterocycles. The average molecular weight is 180 g/mol. The van der Waals surface area contributed by atoms with E-state index in [0.29, 0.717) is 5.92 Å². The molecule has 0 saturated heterocycles. The third kappa shape index (κ3) is 4.57. The summed E-state index contributed by atoms with van der Waals surface area (Å²) in [5.74, 6) is 0.360. The summed E-state index contributed by atoms with van der Waals surface area (Å²) in [6.45, 7) is 7.40. The summed E-state index contributed by atoms with van der Waals surface area (Å²) >= 11 is 0. The Bertz CT molecular complexity index is 156. The van der Waals surface area contributed by atoms with Crippen molar-refractivity contribution < 1.29 is 13.6 Å². The molecule has 0 aliphatic rings. The molecule has 0 aromatic rings. The minimum atomic E-state index is -2.78. The fraction of sp³-hybridized carbons (Fsp3) is 1.00. The zero-order chi connectivity index (χ0) is 9.07. The van der Waals surface area contributed by atoms with Gasteiger partial charge < -0.3 is 9.05 Å². The van der Waals surface area contributed by atoms with E-state index in [1.165, 1.54) is 13.8 Å². The van der Waals surface area contributed by atoms with Gasteiger partial charge in [-0.15, -0.1) is 0 Å². The molecule has 0 N–H and O–H groups in total. The van der Waals surface area contributed by atoms with Gasteiger partial charge in [0.25, 0.3) is 0 Å². The van der Waals surface area contributed by atoms with Gasteiger partial charge in [-0.25, -0.2) is 0 Å². The van der Waals surface area contributed by atoms with Gasteiger partial charge in [-0.3, -0.25) is 4.57 Å². The number of hydrogen-bond donors (Lipinski definition) is 0. The Labute approximate surface area is 68.6 Å². The van der Waals surface area contributed by atoms with Crippen LogP contribution in [-0.2, 0) is 13.6 Å². The Morgan fingerprint density at radius 1 is 1.27 bits per heavy atom. The Balaban J connectivity index is 3.94. The zero-order valence-corrected chi connectivity index (χ0v) is 8.72. The minimum absolute atomic E-state index is 0.0224. The molecule has 0 bridgehead atoms. The fourth-order valence-electron chi connectivity index (χ4n) is 0.467. The van der Waals surface area contributed by atoms with Crippen LogP contribution in [0.2, 0.25) is 0 Å². The van der Waals surface area contributed by atoms with Crippen molar-refractivity contribution in [3.8, 4) is 0 Å². The van der Waals surface area contributed by atoms with E-state index in [1.54, 1.807) is 0 Å². The van der Waals surface area contributed by atoms with Gasteiger partial charge in [0.1, 0.15) is 0 Å². The second-order valence-electron chi connectivity index (χ2n) is 3.01. The van der Waals surface area contributed by atoms with E-state index >= 15 is 0 Å². The Morgan fingerprint density at radius 2 is 1.73 bits per heavy atom. The molecule has 0 aliphatic carbocycles. The van der Waals surface area contributed by atoms with Crippen LogP contribution in [0.1, 0.15) is 20.8 Å². The maximum atomic E-state index is 11.3. The molecule has 0 aromatic carbocycles. The first-order chi connectivity index (χ1) is 4.89. The van der Waals surface area contributed by atoms with E-state index in [1.807, 2.05) is 20.8 Å². The second kappa shape index (κ2) is 4.24. The highest BCUT2D eigenvalue weighted by Gasteiger charge is 2.20. The molecular formula is C7H17O3P. The summed E-state index contributed by atoms with van der Waals surface area (Å²) in [5, 5.41) is 0. The van der Waals surface area contributed by atoms with Gasteiger partial charge in [-0.2, -0.15) is 0 Å². The van der Waals surface area contributed by atoms with Crippen molar-refractivity contribution in [1.29, 1.82) is 0 Å². The van der Waals surface area contributed by atoms with Crippen LogP contribution >= 0.6 is 7.60 Å². The van der Waals surface area contributed by atoms with E-state index in [9.17, 15) is 4.57 Å². The first-order valence-corrected chi connectivity index (χ1v) is 5.69. The molecule has 11 heavy (non-hydrogen) atoms. The lowest BCUT2D eigenvalue weighted by Crippen LogP contribution is -2.13. The molecule has 0 aromatic heterocycles. The van der Waals surface area contributed by atoms with Gasteiger partial charge in [-0.1, -0.05) is 13.8 Å². The molecule has 0 saturated carbocycles. The molecule has 0 heterocycles. The molecule has 68 valence electrons. The summed E-state index contributed by atoms with van der Waals surface area (Å²) in [4.78, 5) is 0. The number of rotatable bonds is 4. The van der Waals surface area contributed by atoms with E-state index < -0.39 is 7.60 Å². The molecule has 0 rings (SSSR count). The molecule has 4 heteroatoms. The van der Waals surface area contributed by atoms with Gasteiger partial charge >= 0.3 is 7.60 Å². The van der Waals surface area contributed by atoms with Crippen LogP contribution in [0.3, 0.4) is 0 Å². The van der Waals surface area contributed by atoms with Gasteiger partial charge in [0.05, 0.1) is 6.10 Å². The molecule has 2 unspecified atom stereocenters. The topological polar surface area (TPSA) is 35.5 Å². The fourth-order valence-corrected chi connectivity index (χ4v) is 1.40. The maximum Gasteiger partial charge on any atom is 0.327 e. The highest BCUT2D eigenvalue weighted by molar-refractivity contribution is 7.52. The van der Waals surface area contributed by atoms with Crippen molar-refractivity contribution in [3.63, 3.8) is 0 Å². The van der Waals surface area contributed by atoms with Gasteiger partial charge in [0.2, 0.25) is 0 Å². The lowest BCUT2D eigenvalue weighted by molar-refractivity contribution is 0.140. The summed E-state index contributed by atoms with van der Waals surface area (Å²) < 4.78 is 21.1. The smallest absolute Gasteiger partial charge is 0.312 e. The number of hydrogen-bond acceptors (Lipinski definition) is 3. The van der Waals surface area contributed by atoms with E-state index in [0.717, 1.165) is 0 Å². The third-order valence-electron chi connectivity index (χ3n) is 1.63. The van der Waals surface area contributed by atoms with Crippen LogP contribution < -0.4 is 0 Å². The van der Waals surface area contributed by atoms with E-state index in [4.69, 9.17) is 9.05 Å². The van der Waals surface area contributed by atoms with Crippen molar-refractivity contribution in [2.24, 2.45) is 5.92 Å². The maximum absolute atomic E-state index is 11.3. The molecule has 0 spiro atoms. The van der Waals surface area contributed by atoms with E-state index in [2.05, 4.69) is 0 Å². The Morgan fingerprint density at radius 3 is 2.00 bits per heavy atom. The minimum Gasteiger partial charge on any atom is -0.312 e. The van der Waals surface area contributed by atoms with Crippen LogP contribution in [-0.4, -0.2) is 19.9 Å². The summed E-state index contributed by atoms with van der Waals surface area (Å²) in [6.07, 6.45) is -0.0224. The predicted molar refractivity (Wildman–Crippen MR) is 45.9 cm³/mol. The lowest BCUT2D eigenvalue weighted by Gasteiger charge is -2.20. The van der Waals surface area contributed by atoms with Crippen molar-refractivity contribution in [2.75, 3.05) is 13.8 Å². The highest BCUT2D eigenvalue weighted by Crippen LogP contribution is 2.44. The van der Waals surface area contributed by atoms with Crippen LogP contribution in [0.5, 0.6) is 0 Å². The van der Waals surface area contributed by atoms with Crippen LogP contribution in [0.15, 0.2) is 0 Å². The van der Waals surface area contributed by atoms with Crippen LogP contribution in [0, 0.1) is 5.92 Å². The zero-order valence-electron chi connectivity index (χ0n) is 7.83. The molecule has 0 amide bonds. The largest absolute Gasteiger partial charge is 0.327 e. The van der Waals surface area contributed by atoms with Gasteiger partial charge in [0.15, 0.2) is 0 Å². The van der Waals surface area contributed by atoms with Gasteiger partial charge in [0, 0.05) is 13.8 Å². The first-order valence-electron chi connectivity index (χ1n) is 3.70. The summed E-state index contributed by atoms with van der Waals surface area (Å²) in [5.41, 5.74) is 0. The quantitative estimate of drug-likeness (QED) is 0.623.